The van der Waals surface area contributed by atoms with E-state index in [4.69, 9.17) is 4.74 Å². The van der Waals surface area contributed by atoms with Crippen molar-refractivity contribution in [3.8, 4) is 0 Å². The van der Waals surface area contributed by atoms with Gasteiger partial charge in [0, 0.05) is 24.0 Å². The van der Waals surface area contributed by atoms with E-state index in [1.807, 2.05) is 0 Å². The van der Waals surface area contributed by atoms with Gasteiger partial charge >= 0.3 is 0 Å². The van der Waals surface area contributed by atoms with Gasteiger partial charge in [0.15, 0.2) is 5.65 Å². The normalized spacial score (nSPS) is 32.0. The van der Waals surface area contributed by atoms with Crippen LogP contribution in [0.25, 0.3) is 11.0 Å². The summed E-state index contributed by atoms with van der Waals surface area (Å²) in [6.45, 7) is 5.39. The average molecular weight is 259 g/mol. The molecule has 6 nitrogen and oxygen atoms in total. The minimum Gasteiger partial charge on any atom is -0.377 e. The Labute approximate surface area is 111 Å². The minimum atomic E-state index is 0.141. The molecule has 1 saturated heterocycles. The quantitative estimate of drug-likeness (QED) is 0.856. The van der Waals surface area contributed by atoms with E-state index in [-0.39, 0.29) is 5.41 Å². The lowest BCUT2D eigenvalue weighted by atomic mass is 9.57. The van der Waals surface area contributed by atoms with Gasteiger partial charge in [-0.2, -0.15) is 5.10 Å². The van der Waals surface area contributed by atoms with Crippen LogP contribution in [0.2, 0.25) is 0 Å². The van der Waals surface area contributed by atoms with Crippen molar-refractivity contribution in [1.82, 2.24) is 20.2 Å². The summed E-state index contributed by atoms with van der Waals surface area (Å²) in [5.41, 5.74) is 0.913. The first-order valence-electron chi connectivity index (χ1n) is 6.70. The Bertz CT molecular complexity index is 622. The SMILES string of the molecule is CC1(C)[C@H](Nc2ncnc3[nH]ncc23)[C@H]2CCO[C@H]21. The lowest BCUT2D eigenvalue weighted by Crippen LogP contribution is -2.63. The standard InChI is InChI=1S/C13H17N5O/c1-13(2)9(7-3-4-19-10(7)13)17-11-8-5-16-18-12(8)15-6-14-11/h5-7,9-10H,3-4H2,1-2H3,(H2,14,15,16,17,18)/t7-,9-,10-/m1/s1. The van der Waals surface area contributed by atoms with Crippen molar-refractivity contribution in [3.05, 3.63) is 12.5 Å². The van der Waals surface area contributed by atoms with Crippen LogP contribution in [0.5, 0.6) is 0 Å². The summed E-state index contributed by atoms with van der Waals surface area (Å²) in [5.74, 6) is 1.45. The van der Waals surface area contributed by atoms with Crippen molar-refractivity contribution in [1.29, 1.82) is 0 Å². The molecule has 2 aromatic rings. The number of hydrogen-bond donors (Lipinski definition) is 2. The zero-order valence-corrected chi connectivity index (χ0v) is 11.1. The van der Waals surface area contributed by atoms with Crippen molar-refractivity contribution in [2.45, 2.75) is 32.4 Å². The summed E-state index contributed by atoms with van der Waals surface area (Å²) in [6.07, 6.45) is 4.85. The summed E-state index contributed by atoms with van der Waals surface area (Å²) < 4.78 is 5.82. The first kappa shape index (κ1) is 11.2. The molecule has 0 radical (unpaired) electrons. The Balaban J connectivity index is 1.66. The molecule has 2 aliphatic rings. The first-order chi connectivity index (χ1) is 9.18. The van der Waals surface area contributed by atoms with Crippen molar-refractivity contribution < 1.29 is 4.74 Å². The van der Waals surface area contributed by atoms with E-state index in [9.17, 15) is 0 Å². The molecule has 1 saturated carbocycles. The van der Waals surface area contributed by atoms with Gasteiger partial charge in [-0.1, -0.05) is 13.8 Å². The molecule has 0 aromatic carbocycles. The molecule has 100 valence electrons. The van der Waals surface area contributed by atoms with Crippen LogP contribution in [-0.4, -0.2) is 38.9 Å². The number of anilines is 1. The number of ether oxygens (including phenoxy) is 1. The average Bonchev–Trinajstić information content (AvgIpc) is 3.03. The molecule has 1 aliphatic heterocycles. The summed E-state index contributed by atoms with van der Waals surface area (Å²) in [7, 11) is 0. The van der Waals surface area contributed by atoms with Gasteiger partial charge in [0.25, 0.3) is 0 Å². The molecular weight excluding hydrogens is 242 g/mol. The van der Waals surface area contributed by atoms with Crippen molar-refractivity contribution >= 4 is 16.9 Å². The second-order valence-corrected chi connectivity index (χ2v) is 6.04. The van der Waals surface area contributed by atoms with Crippen LogP contribution in [0, 0.1) is 11.3 Å². The number of nitrogens with zero attached hydrogens (tertiary/aromatic N) is 3. The third-order valence-corrected chi connectivity index (χ3v) is 4.64. The summed E-state index contributed by atoms with van der Waals surface area (Å²) in [6, 6.07) is 0.396. The first-order valence-corrected chi connectivity index (χ1v) is 6.70. The Morgan fingerprint density at radius 1 is 1.42 bits per heavy atom. The van der Waals surface area contributed by atoms with Gasteiger partial charge in [0.2, 0.25) is 0 Å². The Hall–Kier alpha value is -1.69. The highest BCUT2D eigenvalue weighted by atomic mass is 16.5. The lowest BCUT2D eigenvalue weighted by molar-refractivity contribution is -0.0923. The van der Waals surface area contributed by atoms with Crippen molar-refractivity contribution in [3.63, 3.8) is 0 Å². The number of rotatable bonds is 2. The number of nitrogens with one attached hydrogen (secondary N) is 2. The second kappa shape index (κ2) is 3.66. The number of aromatic amines is 1. The smallest absolute Gasteiger partial charge is 0.160 e. The number of fused-ring (bicyclic) bond motifs is 2. The molecule has 3 atom stereocenters. The maximum Gasteiger partial charge on any atom is 0.160 e. The van der Waals surface area contributed by atoms with Crippen LogP contribution in [0.3, 0.4) is 0 Å². The molecule has 1 aliphatic carbocycles. The van der Waals surface area contributed by atoms with Gasteiger partial charge in [-0.15, -0.1) is 0 Å². The Morgan fingerprint density at radius 2 is 2.32 bits per heavy atom. The maximum absolute atomic E-state index is 5.82. The lowest BCUT2D eigenvalue weighted by Gasteiger charge is -2.54. The van der Waals surface area contributed by atoms with E-state index in [2.05, 4.69) is 39.3 Å². The fourth-order valence-corrected chi connectivity index (χ4v) is 3.64. The van der Waals surface area contributed by atoms with Gasteiger partial charge in [-0.3, -0.25) is 5.10 Å². The molecular formula is C13H17N5O. The van der Waals surface area contributed by atoms with E-state index in [0.29, 0.717) is 18.1 Å². The molecule has 0 bridgehead atoms. The largest absolute Gasteiger partial charge is 0.377 e. The van der Waals surface area contributed by atoms with E-state index in [0.717, 1.165) is 29.9 Å². The van der Waals surface area contributed by atoms with E-state index in [1.54, 1.807) is 12.5 Å². The van der Waals surface area contributed by atoms with Crippen LogP contribution in [0.15, 0.2) is 12.5 Å². The highest BCUT2D eigenvalue weighted by Gasteiger charge is 2.59. The molecule has 2 fully saturated rings. The monoisotopic (exact) mass is 259 g/mol. The van der Waals surface area contributed by atoms with Crippen molar-refractivity contribution in [2.75, 3.05) is 11.9 Å². The third kappa shape index (κ3) is 1.43. The minimum absolute atomic E-state index is 0.141. The zero-order chi connectivity index (χ0) is 13.0. The maximum atomic E-state index is 5.82. The predicted octanol–water partition coefficient (Wildman–Crippen LogP) is 1.58. The van der Waals surface area contributed by atoms with Gasteiger partial charge in [-0.05, 0) is 6.42 Å². The molecule has 0 amide bonds. The second-order valence-electron chi connectivity index (χ2n) is 6.04. The van der Waals surface area contributed by atoms with Gasteiger partial charge in [0.05, 0.1) is 17.7 Å². The van der Waals surface area contributed by atoms with Crippen molar-refractivity contribution in [2.24, 2.45) is 11.3 Å². The summed E-state index contributed by atoms with van der Waals surface area (Å²) >= 11 is 0. The van der Waals surface area contributed by atoms with Gasteiger partial charge in [-0.25, -0.2) is 9.97 Å². The summed E-state index contributed by atoms with van der Waals surface area (Å²) in [4.78, 5) is 8.52. The van der Waals surface area contributed by atoms with E-state index in [1.165, 1.54) is 0 Å². The zero-order valence-electron chi connectivity index (χ0n) is 11.1. The van der Waals surface area contributed by atoms with Crippen LogP contribution >= 0.6 is 0 Å². The highest BCUT2D eigenvalue weighted by Crippen LogP contribution is 2.53. The van der Waals surface area contributed by atoms with E-state index >= 15 is 0 Å². The topological polar surface area (TPSA) is 75.7 Å². The van der Waals surface area contributed by atoms with Gasteiger partial charge < -0.3 is 10.1 Å². The fraction of sp³-hybridized carbons (Fsp3) is 0.615. The van der Waals surface area contributed by atoms with Crippen LogP contribution in [0.4, 0.5) is 5.82 Å². The van der Waals surface area contributed by atoms with Gasteiger partial charge in [0.1, 0.15) is 12.1 Å². The highest BCUT2D eigenvalue weighted by molar-refractivity contribution is 5.85. The Morgan fingerprint density at radius 3 is 3.21 bits per heavy atom. The summed E-state index contributed by atoms with van der Waals surface area (Å²) in [5, 5.41) is 11.4. The van der Waals surface area contributed by atoms with Crippen LogP contribution in [0.1, 0.15) is 20.3 Å². The number of hydrogen-bond acceptors (Lipinski definition) is 5. The molecule has 6 heteroatoms. The van der Waals surface area contributed by atoms with Crippen LogP contribution in [-0.2, 0) is 4.74 Å². The van der Waals surface area contributed by atoms with Crippen LogP contribution < -0.4 is 5.32 Å². The third-order valence-electron chi connectivity index (χ3n) is 4.64. The predicted molar refractivity (Wildman–Crippen MR) is 70.7 cm³/mol. The molecule has 4 rings (SSSR count). The molecule has 0 spiro atoms. The van der Waals surface area contributed by atoms with E-state index < -0.39 is 0 Å². The molecule has 2 aromatic heterocycles. The number of H-pyrrole nitrogens is 1. The number of aromatic nitrogens is 4. The molecule has 0 unspecified atom stereocenters. The molecule has 3 heterocycles. The fourth-order valence-electron chi connectivity index (χ4n) is 3.64. The molecule has 2 N–H and O–H groups in total. The molecule has 19 heavy (non-hydrogen) atoms. The Kier molecular flexibility index (Phi) is 2.15.